The maximum absolute atomic E-state index is 13.2. The molecule has 1 atom stereocenters. The summed E-state index contributed by atoms with van der Waals surface area (Å²) in [4.78, 5) is 24.1. The van der Waals surface area contributed by atoms with Crippen molar-refractivity contribution in [2.75, 3.05) is 13.7 Å². The lowest BCUT2D eigenvalue weighted by atomic mass is 10.0. The Morgan fingerprint density at radius 3 is 2.66 bits per heavy atom. The quantitative estimate of drug-likeness (QED) is 0.599. The smallest absolute Gasteiger partial charge is 0.254 e. The van der Waals surface area contributed by atoms with Gasteiger partial charge in [0.2, 0.25) is 5.89 Å². The third-order valence-electron chi connectivity index (χ3n) is 4.78. The highest BCUT2D eigenvalue weighted by atomic mass is 35.5. The largest absolute Gasteiger partial charge is 0.399 e. The number of hydrogen-bond acceptors (Lipinski definition) is 6. The number of nitrogens with zero attached hydrogens (tertiary/aromatic N) is 4. The molecule has 0 N–H and O–H groups in total. The fraction of sp³-hybridized carbons (Fsp3) is 0.238. The predicted octanol–water partition coefficient (Wildman–Crippen LogP) is 4.29. The van der Waals surface area contributed by atoms with E-state index in [1.807, 2.05) is 36.4 Å². The molecule has 1 unspecified atom stereocenters. The van der Waals surface area contributed by atoms with Crippen LogP contribution in [-0.4, -0.2) is 40.3 Å². The number of likely N-dealkylation sites (tertiary alicyclic amines) is 1. The van der Waals surface area contributed by atoms with E-state index >= 15 is 0 Å². The van der Waals surface area contributed by atoms with Crippen molar-refractivity contribution in [2.24, 2.45) is 5.16 Å². The van der Waals surface area contributed by atoms with Crippen molar-refractivity contribution < 1.29 is 14.2 Å². The van der Waals surface area contributed by atoms with Gasteiger partial charge in [-0.3, -0.25) is 4.79 Å². The molecule has 4 rings (SSSR count). The summed E-state index contributed by atoms with van der Waals surface area (Å²) in [5.41, 5.74) is 3.16. The Balaban J connectivity index is 1.61. The molecule has 2 aromatic carbocycles. The standard InChI is InChI=1S/C21H19ClN4O3/c1-13-23-20(29-24-13)19-11-16(25-28-2)12-26(19)21(27)15-9-7-14(8-10-15)17-5-3-4-6-18(17)22/h3-10,19H,11-12H2,1-2H3/b25-16+. The number of benzene rings is 2. The van der Waals surface area contributed by atoms with Crippen LogP contribution in [-0.2, 0) is 4.84 Å². The van der Waals surface area contributed by atoms with Crippen LogP contribution in [0.15, 0.2) is 58.2 Å². The average molecular weight is 411 g/mol. The van der Waals surface area contributed by atoms with Gasteiger partial charge in [-0.15, -0.1) is 0 Å². The molecular weight excluding hydrogens is 392 g/mol. The van der Waals surface area contributed by atoms with Crippen molar-refractivity contribution in [3.8, 4) is 11.1 Å². The van der Waals surface area contributed by atoms with Crippen LogP contribution < -0.4 is 0 Å². The minimum Gasteiger partial charge on any atom is -0.399 e. The number of carbonyl (C=O) groups excluding carboxylic acids is 1. The van der Waals surface area contributed by atoms with E-state index in [1.54, 1.807) is 24.0 Å². The molecule has 0 aliphatic carbocycles. The summed E-state index contributed by atoms with van der Waals surface area (Å²) in [5, 5.41) is 8.52. The molecule has 1 aliphatic heterocycles. The van der Waals surface area contributed by atoms with Crippen LogP contribution in [0.2, 0.25) is 5.02 Å². The second kappa shape index (κ2) is 8.05. The van der Waals surface area contributed by atoms with Crippen LogP contribution in [0.4, 0.5) is 0 Å². The summed E-state index contributed by atoms with van der Waals surface area (Å²) in [7, 11) is 1.48. The second-order valence-corrected chi connectivity index (χ2v) is 7.14. The molecule has 8 heteroatoms. The van der Waals surface area contributed by atoms with Crippen LogP contribution in [0.1, 0.15) is 34.5 Å². The van der Waals surface area contributed by atoms with E-state index in [-0.39, 0.29) is 11.9 Å². The Morgan fingerprint density at radius 1 is 1.24 bits per heavy atom. The van der Waals surface area contributed by atoms with Crippen molar-refractivity contribution in [1.29, 1.82) is 0 Å². The molecule has 0 saturated carbocycles. The van der Waals surface area contributed by atoms with Crippen molar-refractivity contribution in [3.05, 3.63) is 70.8 Å². The minimum atomic E-state index is -0.374. The van der Waals surface area contributed by atoms with Crippen molar-refractivity contribution in [3.63, 3.8) is 0 Å². The maximum atomic E-state index is 13.2. The maximum Gasteiger partial charge on any atom is 0.254 e. The van der Waals surface area contributed by atoms with Crippen LogP contribution in [0.5, 0.6) is 0 Å². The van der Waals surface area contributed by atoms with E-state index in [0.29, 0.717) is 35.3 Å². The van der Waals surface area contributed by atoms with E-state index < -0.39 is 0 Å². The first-order valence-corrected chi connectivity index (χ1v) is 9.49. The SMILES string of the molecule is CO/N=C1\CC(c2nc(C)no2)N(C(=O)c2ccc(-c3ccccc3Cl)cc2)C1. The second-order valence-electron chi connectivity index (χ2n) is 6.73. The predicted molar refractivity (Wildman–Crippen MR) is 109 cm³/mol. The summed E-state index contributed by atoms with van der Waals surface area (Å²) < 4.78 is 5.32. The number of halogens is 1. The van der Waals surface area contributed by atoms with Gasteiger partial charge in [0, 0.05) is 22.6 Å². The number of rotatable bonds is 4. The Labute approximate surface area is 172 Å². The lowest BCUT2D eigenvalue weighted by molar-refractivity contribution is 0.0713. The van der Waals surface area contributed by atoms with Gasteiger partial charge in [-0.25, -0.2) is 0 Å². The fourth-order valence-corrected chi connectivity index (χ4v) is 3.68. The first-order valence-electron chi connectivity index (χ1n) is 9.12. The molecule has 0 bridgehead atoms. The molecule has 3 aromatic rings. The van der Waals surface area contributed by atoms with Crippen LogP contribution >= 0.6 is 11.6 Å². The zero-order chi connectivity index (χ0) is 20.4. The molecule has 1 fully saturated rings. The van der Waals surface area contributed by atoms with Gasteiger partial charge in [-0.2, -0.15) is 4.98 Å². The molecule has 29 heavy (non-hydrogen) atoms. The number of hydrogen-bond donors (Lipinski definition) is 0. The lowest BCUT2D eigenvalue weighted by Crippen LogP contribution is -2.31. The van der Waals surface area contributed by atoms with E-state index in [2.05, 4.69) is 15.3 Å². The molecule has 0 radical (unpaired) electrons. The van der Waals surface area contributed by atoms with Crippen LogP contribution in [0, 0.1) is 6.92 Å². The Bertz CT molecular complexity index is 1060. The van der Waals surface area contributed by atoms with Crippen LogP contribution in [0.25, 0.3) is 11.1 Å². The normalized spacial score (nSPS) is 17.7. The molecule has 1 aromatic heterocycles. The van der Waals surface area contributed by atoms with Gasteiger partial charge in [0.25, 0.3) is 5.91 Å². The zero-order valence-corrected chi connectivity index (χ0v) is 16.8. The summed E-state index contributed by atoms with van der Waals surface area (Å²) in [6.07, 6.45) is 0.485. The van der Waals surface area contributed by atoms with Crippen LogP contribution in [0.3, 0.4) is 0 Å². The van der Waals surface area contributed by atoms with E-state index in [0.717, 1.165) is 16.8 Å². The molecule has 7 nitrogen and oxygen atoms in total. The van der Waals surface area contributed by atoms with Gasteiger partial charge in [-0.1, -0.05) is 52.2 Å². The van der Waals surface area contributed by atoms with Gasteiger partial charge in [0.1, 0.15) is 13.2 Å². The van der Waals surface area contributed by atoms with Gasteiger partial charge >= 0.3 is 0 Å². The van der Waals surface area contributed by atoms with Crippen molar-refractivity contribution >= 4 is 23.2 Å². The highest BCUT2D eigenvalue weighted by Gasteiger charge is 2.38. The summed E-state index contributed by atoms with van der Waals surface area (Å²) in [5.74, 6) is 0.774. The monoisotopic (exact) mass is 410 g/mol. The summed E-state index contributed by atoms with van der Waals surface area (Å²) in [6, 6.07) is 14.6. The third kappa shape index (κ3) is 3.86. The van der Waals surface area contributed by atoms with Gasteiger partial charge in [0.15, 0.2) is 5.82 Å². The first-order chi connectivity index (χ1) is 14.1. The molecule has 148 valence electrons. The average Bonchev–Trinajstić information content (AvgIpc) is 3.34. The first kappa shape index (κ1) is 19.1. The van der Waals surface area contributed by atoms with E-state index in [1.165, 1.54) is 7.11 Å². The molecular formula is C21H19ClN4O3. The Kier molecular flexibility index (Phi) is 5.31. The highest BCUT2D eigenvalue weighted by Crippen LogP contribution is 2.32. The molecule has 0 spiro atoms. The molecule has 2 heterocycles. The molecule has 1 amide bonds. The number of oxime groups is 1. The van der Waals surface area contributed by atoms with Crippen molar-refractivity contribution in [1.82, 2.24) is 15.0 Å². The number of aryl methyl sites for hydroxylation is 1. The van der Waals surface area contributed by atoms with E-state index in [9.17, 15) is 4.79 Å². The molecule has 1 aliphatic rings. The number of amides is 1. The summed E-state index contributed by atoms with van der Waals surface area (Å²) in [6.45, 7) is 2.08. The fourth-order valence-electron chi connectivity index (χ4n) is 3.44. The zero-order valence-electron chi connectivity index (χ0n) is 16.0. The third-order valence-corrected chi connectivity index (χ3v) is 5.11. The number of carbonyl (C=O) groups is 1. The highest BCUT2D eigenvalue weighted by molar-refractivity contribution is 6.33. The van der Waals surface area contributed by atoms with E-state index in [4.69, 9.17) is 21.0 Å². The summed E-state index contributed by atoms with van der Waals surface area (Å²) >= 11 is 6.28. The number of aromatic nitrogens is 2. The Morgan fingerprint density at radius 2 is 2.00 bits per heavy atom. The van der Waals surface area contributed by atoms with Crippen molar-refractivity contribution in [2.45, 2.75) is 19.4 Å². The van der Waals surface area contributed by atoms with Gasteiger partial charge < -0.3 is 14.3 Å². The van der Waals surface area contributed by atoms with Gasteiger partial charge in [-0.05, 0) is 30.7 Å². The topological polar surface area (TPSA) is 80.8 Å². The Hall–Kier alpha value is -3.19. The lowest BCUT2D eigenvalue weighted by Gasteiger charge is -2.21. The van der Waals surface area contributed by atoms with Gasteiger partial charge in [0.05, 0.1) is 12.3 Å². The molecule has 1 saturated heterocycles. The minimum absolute atomic E-state index is 0.141.